The largest absolute Gasteiger partial charge is 0.446 e. The molecular weight excluding hydrogens is 382 g/mol. The standard InChI is InChI=1S/C19H27N3O5S/c1-14-13-15(7-8-17(14)20-28(25)26)18(23)21-9-11-22(12-10-21)19(24)27-16-5-3-2-4-6-16/h7-8,13,16,20H,2-6,9-12H2,1H3,(H,25,26). The quantitative estimate of drug-likeness (QED) is 0.745. The summed E-state index contributed by atoms with van der Waals surface area (Å²) in [5.74, 6) is -0.111. The molecule has 1 heterocycles. The van der Waals surface area contributed by atoms with Crippen molar-refractivity contribution in [2.75, 3.05) is 30.9 Å². The zero-order valence-corrected chi connectivity index (χ0v) is 16.9. The number of benzene rings is 1. The molecular formula is C19H27N3O5S. The summed E-state index contributed by atoms with van der Waals surface area (Å²) in [7, 11) is 0. The van der Waals surface area contributed by atoms with Gasteiger partial charge in [-0.3, -0.25) is 14.1 Å². The molecule has 8 nitrogen and oxygen atoms in total. The van der Waals surface area contributed by atoms with Gasteiger partial charge in [-0.1, -0.05) is 6.42 Å². The van der Waals surface area contributed by atoms with E-state index < -0.39 is 11.3 Å². The van der Waals surface area contributed by atoms with Crippen LogP contribution in [0, 0.1) is 6.92 Å². The number of aryl methyl sites for hydroxylation is 1. The molecule has 0 bridgehead atoms. The Morgan fingerprint density at radius 3 is 2.36 bits per heavy atom. The molecule has 1 unspecified atom stereocenters. The number of piperazine rings is 1. The second-order valence-electron chi connectivity index (χ2n) is 7.30. The van der Waals surface area contributed by atoms with Crippen LogP contribution in [0.5, 0.6) is 0 Å². The van der Waals surface area contributed by atoms with Crippen molar-refractivity contribution < 1.29 is 23.1 Å². The van der Waals surface area contributed by atoms with E-state index in [-0.39, 0.29) is 18.1 Å². The predicted molar refractivity (Wildman–Crippen MR) is 106 cm³/mol. The van der Waals surface area contributed by atoms with Gasteiger partial charge in [0.05, 0.1) is 5.69 Å². The molecule has 0 radical (unpaired) electrons. The van der Waals surface area contributed by atoms with Crippen molar-refractivity contribution in [3.63, 3.8) is 0 Å². The number of hydrogen-bond acceptors (Lipinski definition) is 4. The Balaban J connectivity index is 1.52. The Kier molecular flexibility index (Phi) is 6.90. The summed E-state index contributed by atoms with van der Waals surface area (Å²) in [6.45, 7) is 3.60. The number of carbonyl (C=O) groups is 2. The highest BCUT2D eigenvalue weighted by atomic mass is 32.2. The molecule has 28 heavy (non-hydrogen) atoms. The molecule has 1 aromatic rings. The van der Waals surface area contributed by atoms with E-state index in [1.807, 2.05) is 0 Å². The van der Waals surface area contributed by atoms with Gasteiger partial charge >= 0.3 is 6.09 Å². The van der Waals surface area contributed by atoms with Crippen LogP contribution in [0.1, 0.15) is 48.0 Å². The first-order valence-corrected chi connectivity index (χ1v) is 10.8. The average molecular weight is 410 g/mol. The van der Waals surface area contributed by atoms with Gasteiger partial charge in [0.2, 0.25) is 0 Å². The minimum atomic E-state index is -2.15. The SMILES string of the molecule is Cc1cc(C(=O)N2CCN(C(=O)OC3CCCCC3)CC2)ccc1NS(=O)O. The van der Waals surface area contributed by atoms with Gasteiger partial charge in [0.1, 0.15) is 6.10 Å². The summed E-state index contributed by atoms with van der Waals surface area (Å²) in [6.07, 6.45) is 5.08. The maximum Gasteiger partial charge on any atom is 0.410 e. The van der Waals surface area contributed by atoms with Gasteiger partial charge in [-0.15, -0.1) is 0 Å². The molecule has 2 amide bonds. The van der Waals surface area contributed by atoms with Crippen LogP contribution >= 0.6 is 0 Å². The molecule has 1 aromatic carbocycles. The summed E-state index contributed by atoms with van der Waals surface area (Å²) < 4.78 is 27.8. The smallest absolute Gasteiger partial charge is 0.410 e. The van der Waals surface area contributed by atoms with Crippen LogP contribution < -0.4 is 4.72 Å². The minimum Gasteiger partial charge on any atom is -0.446 e. The number of ether oxygens (including phenoxy) is 1. The second kappa shape index (κ2) is 9.38. The summed E-state index contributed by atoms with van der Waals surface area (Å²) in [5, 5.41) is 0. The molecule has 1 saturated heterocycles. The van der Waals surface area contributed by atoms with Gasteiger partial charge in [-0.05, 0) is 56.4 Å². The van der Waals surface area contributed by atoms with E-state index in [1.54, 1.807) is 34.9 Å². The molecule has 3 rings (SSSR count). The summed E-state index contributed by atoms with van der Waals surface area (Å²) in [4.78, 5) is 28.5. The monoisotopic (exact) mass is 409 g/mol. The van der Waals surface area contributed by atoms with E-state index in [0.29, 0.717) is 43.0 Å². The third kappa shape index (κ3) is 5.23. The third-order valence-corrected chi connectivity index (χ3v) is 5.71. The Morgan fingerprint density at radius 1 is 1.11 bits per heavy atom. The van der Waals surface area contributed by atoms with E-state index >= 15 is 0 Å². The maximum atomic E-state index is 12.7. The Bertz CT molecular complexity index is 743. The zero-order chi connectivity index (χ0) is 20.1. The van der Waals surface area contributed by atoms with Crippen LogP contribution in [0.15, 0.2) is 18.2 Å². The number of hydrogen-bond donors (Lipinski definition) is 2. The topological polar surface area (TPSA) is 99.2 Å². The van der Waals surface area contributed by atoms with E-state index in [0.717, 1.165) is 25.7 Å². The number of nitrogens with one attached hydrogen (secondary N) is 1. The van der Waals surface area contributed by atoms with Gasteiger partial charge in [-0.2, -0.15) is 0 Å². The molecule has 1 saturated carbocycles. The van der Waals surface area contributed by atoms with Crippen LogP contribution in [0.3, 0.4) is 0 Å². The molecule has 2 aliphatic rings. The van der Waals surface area contributed by atoms with Crippen LogP contribution in [0.2, 0.25) is 0 Å². The van der Waals surface area contributed by atoms with Crippen molar-refractivity contribution in [1.82, 2.24) is 9.80 Å². The van der Waals surface area contributed by atoms with Crippen molar-refractivity contribution in [2.45, 2.75) is 45.1 Å². The highest BCUT2D eigenvalue weighted by Crippen LogP contribution is 2.22. The van der Waals surface area contributed by atoms with E-state index in [9.17, 15) is 13.8 Å². The summed E-state index contributed by atoms with van der Waals surface area (Å²) in [5.41, 5.74) is 1.74. The van der Waals surface area contributed by atoms with Gasteiger partial charge < -0.3 is 14.5 Å². The van der Waals surface area contributed by atoms with Gasteiger partial charge in [0, 0.05) is 31.7 Å². The van der Waals surface area contributed by atoms with Crippen molar-refractivity contribution >= 4 is 29.0 Å². The molecule has 2 fully saturated rings. The fourth-order valence-electron chi connectivity index (χ4n) is 3.68. The number of anilines is 1. The Labute approximate surface area is 167 Å². The third-order valence-electron chi connectivity index (χ3n) is 5.32. The number of amides is 2. The van der Waals surface area contributed by atoms with Gasteiger partial charge in [0.15, 0.2) is 0 Å². The van der Waals surface area contributed by atoms with E-state index in [4.69, 9.17) is 9.29 Å². The lowest BCUT2D eigenvalue weighted by molar-refractivity contribution is 0.0306. The van der Waals surface area contributed by atoms with Crippen molar-refractivity contribution in [3.8, 4) is 0 Å². The van der Waals surface area contributed by atoms with Crippen molar-refractivity contribution in [2.24, 2.45) is 0 Å². The highest BCUT2D eigenvalue weighted by molar-refractivity contribution is 7.80. The van der Waals surface area contributed by atoms with Crippen molar-refractivity contribution in [1.29, 1.82) is 0 Å². The summed E-state index contributed by atoms with van der Waals surface area (Å²) in [6, 6.07) is 4.95. The first-order chi connectivity index (χ1) is 13.4. The molecule has 154 valence electrons. The summed E-state index contributed by atoms with van der Waals surface area (Å²) >= 11 is -2.15. The minimum absolute atomic E-state index is 0.0317. The van der Waals surface area contributed by atoms with Gasteiger partial charge in [0.25, 0.3) is 17.2 Å². The Hall–Kier alpha value is -2.13. The van der Waals surface area contributed by atoms with Crippen LogP contribution in [0.25, 0.3) is 0 Å². The molecule has 0 spiro atoms. The highest BCUT2D eigenvalue weighted by Gasteiger charge is 2.28. The molecule has 9 heteroatoms. The van der Waals surface area contributed by atoms with E-state index in [2.05, 4.69) is 4.72 Å². The maximum absolute atomic E-state index is 12.7. The number of nitrogens with zero attached hydrogens (tertiary/aromatic N) is 2. The average Bonchev–Trinajstić information content (AvgIpc) is 2.69. The molecule has 1 aliphatic heterocycles. The fourth-order valence-corrected chi connectivity index (χ4v) is 4.10. The fraction of sp³-hybridized carbons (Fsp3) is 0.579. The lowest BCUT2D eigenvalue weighted by Gasteiger charge is -2.35. The molecule has 1 aliphatic carbocycles. The molecule has 1 atom stereocenters. The Morgan fingerprint density at radius 2 is 1.75 bits per heavy atom. The van der Waals surface area contributed by atoms with Crippen LogP contribution in [-0.4, -0.2) is 62.8 Å². The normalized spacial score (nSPS) is 19.2. The van der Waals surface area contributed by atoms with Gasteiger partial charge in [-0.25, -0.2) is 9.00 Å². The molecule has 0 aromatic heterocycles. The molecule has 2 N–H and O–H groups in total. The predicted octanol–water partition coefficient (Wildman–Crippen LogP) is 2.77. The first kappa shape index (κ1) is 20.6. The van der Waals surface area contributed by atoms with Crippen LogP contribution in [0.4, 0.5) is 10.5 Å². The number of carbonyl (C=O) groups excluding carboxylic acids is 2. The first-order valence-electron chi connectivity index (χ1n) is 9.67. The van der Waals surface area contributed by atoms with Crippen molar-refractivity contribution in [3.05, 3.63) is 29.3 Å². The lowest BCUT2D eigenvalue weighted by atomic mass is 9.98. The lowest BCUT2D eigenvalue weighted by Crippen LogP contribution is -2.51. The second-order valence-corrected chi connectivity index (χ2v) is 8.01. The van der Waals surface area contributed by atoms with Crippen LogP contribution in [-0.2, 0) is 16.0 Å². The number of rotatable bonds is 4. The zero-order valence-electron chi connectivity index (χ0n) is 16.1. The van der Waals surface area contributed by atoms with E-state index in [1.165, 1.54) is 6.42 Å².